The van der Waals surface area contributed by atoms with Crippen molar-refractivity contribution in [1.29, 1.82) is 0 Å². The molecule has 2 aliphatic carbocycles. The van der Waals surface area contributed by atoms with Crippen LogP contribution >= 0.6 is 0 Å². The summed E-state index contributed by atoms with van der Waals surface area (Å²) in [5.74, 6) is 0.618. The number of benzene rings is 1. The monoisotopic (exact) mass is 437 g/mol. The maximum Gasteiger partial charge on any atom is 0.356 e. The van der Waals surface area contributed by atoms with Gasteiger partial charge in [0.2, 0.25) is 5.91 Å². The van der Waals surface area contributed by atoms with Crippen molar-refractivity contribution in [2.75, 3.05) is 13.1 Å². The molecule has 1 aromatic carbocycles. The van der Waals surface area contributed by atoms with Gasteiger partial charge in [0.15, 0.2) is 5.69 Å². The minimum absolute atomic E-state index is 0.000588. The largest absolute Gasteiger partial charge is 0.476 e. The Morgan fingerprint density at radius 1 is 1.09 bits per heavy atom. The molecule has 1 amide bonds. The van der Waals surface area contributed by atoms with Crippen LogP contribution in [0.1, 0.15) is 66.1 Å². The van der Waals surface area contributed by atoms with E-state index in [1.54, 1.807) is 6.20 Å². The van der Waals surface area contributed by atoms with Crippen LogP contribution in [0, 0.1) is 11.8 Å². The summed E-state index contributed by atoms with van der Waals surface area (Å²) in [6.45, 7) is 2.27. The summed E-state index contributed by atoms with van der Waals surface area (Å²) in [6, 6.07) is 10.3. The zero-order valence-corrected chi connectivity index (χ0v) is 18.4. The highest BCUT2D eigenvalue weighted by molar-refractivity contribution is 5.85. The molecule has 0 unspecified atom stereocenters. The van der Waals surface area contributed by atoms with Crippen molar-refractivity contribution < 1.29 is 19.4 Å². The first-order valence-corrected chi connectivity index (χ1v) is 11.8. The number of rotatable bonds is 7. The van der Waals surface area contributed by atoms with Crippen molar-refractivity contribution >= 4 is 11.9 Å². The van der Waals surface area contributed by atoms with Crippen LogP contribution in [0.5, 0.6) is 0 Å². The Morgan fingerprint density at radius 3 is 2.53 bits per heavy atom. The maximum atomic E-state index is 12.6. The third kappa shape index (κ3) is 4.58. The lowest BCUT2D eigenvalue weighted by Crippen LogP contribution is -2.33. The molecular weight excluding hydrogens is 406 g/mol. The van der Waals surface area contributed by atoms with Gasteiger partial charge in [0.25, 0.3) is 0 Å². The van der Waals surface area contributed by atoms with Crippen molar-refractivity contribution in [3.05, 3.63) is 53.3 Å². The van der Waals surface area contributed by atoms with Gasteiger partial charge < -0.3 is 14.7 Å². The second-order valence-corrected chi connectivity index (χ2v) is 9.65. The number of carbonyl (C=O) groups excluding carboxylic acids is 1. The van der Waals surface area contributed by atoms with Gasteiger partial charge in [0.1, 0.15) is 6.54 Å². The number of carboxylic acids is 1. The summed E-state index contributed by atoms with van der Waals surface area (Å²) in [7, 11) is 0. The van der Waals surface area contributed by atoms with Gasteiger partial charge in [-0.1, -0.05) is 37.1 Å². The number of carboxylic acid groups (broad SMARTS) is 1. The Kier molecular flexibility index (Phi) is 6.00. The molecule has 2 heterocycles. The minimum atomic E-state index is -1.08. The van der Waals surface area contributed by atoms with Crippen molar-refractivity contribution in [3.8, 4) is 0 Å². The lowest BCUT2D eigenvalue weighted by Gasteiger charge is -2.20. The SMILES string of the molecule is O=C(O)c1ccn(CC(=O)N2C[C@H]3C[C@H](OCc4cccc(C5CCCC5)c4)C[C@H]3C2)n1. The van der Waals surface area contributed by atoms with Gasteiger partial charge >= 0.3 is 5.97 Å². The fourth-order valence-electron chi connectivity index (χ4n) is 5.80. The van der Waals surface area contributed by atoms with Crippen molar-refractivity contribution in [1.82, 2.24) is 14.7 Å². The molecule has 170 valence electrons. The third-order valence-electron chi connectivity index (χ3n) is 7.48. The molecule has 0 radical (unpaired) electrons. The number of aromatic nitrogens is 2. The summed E-state index contributed by atoms with van der Waals surface area (Å²) < 4.78 is 7.69. The van der Waals surface area contributed by atoms with E-state index in [4.69, 9.17) is 9.84 Å². The Morgan fingerprint density at radius 2 is 1.84 bits per heavy atom. The van der Waals surface area contributed by atoms with Crippen LogP contribution in [0.25, 0.3) is 0 Å². The summed E-state index contributed by atoms with van der Waals surface area (Å²) in [5.41, 5.74) is 2.70. The molecule has 5 rings (SSSR count). The van der Waals surface area contributed by atoms with Gasteiger partial charge in [-0.3, -0.25) is 9.48 Å². The van der Waals surface area contributed by atoms with Gasteiger partial charge in [0.05, 0.1) is 12.7 Å². The molecular formula is C25H31N3O4. The van der Waals surface area contributed by atoms with E-state index in [1.165, 1.54) is 47.6 Å². The normalized spacial score (nSPS) is 25.4. The zero-order valence-electron chi connectivity index (χ0n) is 18.4. The van der Waals surface area contributed by atoms with Crippen LogP contribution in [0.4, 0.5) is 0 Å². The first kappa shape index (κ1) is 21.2. The van der Waals surface area contributed by atoms with Crippen LogP contribution in [0.2, 0.25) is 0 Å². The minimum Gasteiger partial charge on any atom is -0.476 e. The average Bonchev–Trinajstić information content (AvgIpc) is 3.56. The number of fused-ring (bicyclic) bond motifs is 1. The number of ether oxygens (including phenoxy) is 1. The fraction of sp³-hybridized carbons (Fsp3) is 0.560. The second-order valence-electron chi connectivity index (χ2n) is 9.65. The number of amides is 1. The lowest BCUT2D eigenvalue weighted by atomic mass is 9.96. The molecule has 1 N–H and O–H groups in total. The van der Waals surface area contributed by atoms with Gasteiger partial charge in [-0.25, -0.2) is 4.79 Å². The zero-order chi connectivity index (χ0) is 22.1. The van der Waals surface area contributed by atoms with Crippen LogP contribution in [0.15, 0.2) is 36.5 Å². The number of hydrogen-bond donors (Lipinski definition) is 1. The Bertz CT molecular complexity index is 967. The maximum absolute atomic E-state index is 12.6. The van der Waals surface area contributed by atoms with Crippen LogP contribution in [0.3, 0.4) is 0 Å². The lowest BCUT2D eigenvalue weighted by molar-refractivity contribution is -0.131. The molecule has 7 nitrogen and oxygen atoms in total. The predicted molar refractivity (Wildman–Crippen MR) is 118 cm³/mol. The van der Waals surface area contributed by atoms with Crippen molar-refractivity contribution in [2.45, 2.75) is 63.7 Å². The average molecular weight is 438 g/mol. The highest BCUT2D eigenvalue weighted by atomic mass is 16.5. The second kappa shape index (κ2) is 9.06. The van der Waals surface area contributed by atoms with Gasteiger partial charge in [0, 0.05) is 19.3 Å². The summed E-state index contributed by atoms with van der Waals surface area (Å²) in [5, 5.41) is 12.9. The van der Waals surface area contributed by atoms with Gasteiger partial charge in [-0.05, 0) is 60.6 Å². The van der Waals surface area contributed by atoms with E-state index < -0.39 is 5.97 Å². The molecule has 1 aliphatic heterocycles. The molecule has 0 spiro atoms. The van der Waals surface area contributed by atoms with E-state index in [0.717, 1.165) is 31.8 Å². The van der Waals surface area contributed by atoms with Crippen molar-refractivity contribution in [2.24, 2.45) is 11.8 Å². The molecule has 2 aromatic rings. The van der Waals surface area contributed by atoms with Crippen LogP contribution in [-0.2, 0) is 22.7 Å². The third-order valence-corrected chi connectivity index (χ3v) is 7.48. The molecule has 2 saturated carbocycles. The number of hydrogen-bond acceptors (Lipinski definition) is 4. The van der Waals surface area contributed by atoms with E-state index in [-0.39, 0.29) is 24.2 Å². The summed E-state index contributed by atoms with van der Waals surface area (Å²) >= 11 is 0. The standard InChI is InChI=1S/C25H31N3O4/c29-24(15-28-9-8-23(26-28)25(30)31)27-13-20-11-22(12-21(20)14-27)32-16-17-4-3-7-19(10-17)18-5-1-2-6-18/h3-4,7-10,18,20-22H,1-2,5-6,11-16H2,(H,30,31)/t20-,21+,22+. The molecule has 0 bridgehead atoms. The van der Waals surface area contributed by atoms with E-state index in [1.807, 2.05) is 4.90 Å². The Labute approximate surface area is 188 Å². The quantitative estimate of drug-likeness (QED) is 0.714. The molecule has 32 heavy (non-hydrogen) atoms. The van der Waals surface area contributed by atoms with Gasteiger partial charge in [-0.2, -0.15) is 5.10 Å². The number of carbonyl (C=O) groups is 2. The van der Waals surface area contributed by atoms with E-state index in [0.29, 0.717) is 18.4 Å². The first-order chi connectivity index (χ1) is 15.5. The van der Waals surface area contributed by atoms with E-state index in [2.05, 4.69) is 29.4 Å². The number of aromatic carboxylic acids is 1. The molecule has 3 aliphatic rings. The topological polar surface area (TPSA) is 84.7 Å². The molecule has 3 fully saturated rings. The Balaban J connectivity index is 1.09. The molecule has 1 aromatic heterocycles. The van der Waals surface area contributed by atoms with E-state index in [9.17, 15) is 9.59 Å². The van der Waals surface area contributed by atoms with Crippen molar-refractivity contribution in [3.63, 3.8) is 0 Å². The molecule has 3 atom stereocenters. The van der Waals surface area contributed by atoms with Gasteiger partial charge in [-0.15, -0.1) is 0 Å². The Hall–Kier alpha value is -2.67. The summed E-state index contributed by atoms with van der Waals surface area (Å²) in [6.07, 6.45) is 9.14. The number of nitrogens with zero attached hydrogens (tertiary/aromatic N) is 3. The van der Waals surface area contributed by atoms with Crippen LogP contribution < -0.4 is 0 Å². The number of likely N-dealkylation sites (tertiary alicyclic amines) is 1. The molecule has 7 heteroatoms. The smallest absolute Gasteiger partial charge is 0.356 e. The molecule has 1 saturated heterocycles. The van der Waals surface area contributed by atoms with Crippen LogP contribution in [-0.4, -0.2) is 50.9 Å². The highest BCUT2D eigenvalue weighted by Crippen LogP contribution is 2.40. The predicted octanol–water partition coefficient (Wildman–Crippen LogP) is 3.69. The highest BCUT2D eigenvalue weighted by Gasteiger charge is 2.42. The fourth-order valence-corrected chi connectivity index (χ4v) is 5.80. The summed E-state index contributed by atoms with van der Waals surface area (Å²) in [4.78, 5) is 25.5. The first-order valence-electron chi connectivity index (χ1n) is 11.8. The van der Waals surface area contributed by atoms with E-state index >= 15 is 0 Å².